The van der Waals surface area contributed by atoms with Crippen LogP contribution in [0.1, 0.15) is 37.8 Å². The number of primary amides is 1. The molecular formula is C26H19F3N8O4. The van der Waals surface area contributed by atoms with E-state index in [4.69, 9.17) is 10.6 Å². The summed E-state index contributed by atoms with van der Waals surface area (Å²) in [6.07, 6.45) is -4.34. The lowest BCUT2D eigenvalue weighted by atomic mass is 10.1. The maximum absolute atomic E-state index is 12.7. The molecule has 15 heteroatoms. The van der Waals surface area contributed by atoms with Gasteiger partial charge < -0.3 is 20.9 Å². The van der Waals surface area contributed by atoms with Crippen LogP contribution in [0.5, 0.6) is 0 Å². The Balaban J connectivity index is 1.23. The highest BCUT2D eigenvalue weighted by Gasteiger charge is 2.30. The van der Waals surface area contributed by atoms with Crippen molar-refractivity contribution < 1.29 is 32.4 Å². The minimum atomic E-state index is -4.51. The second-order valence-corrected chi connectivity index (χ2v) is 8.63. The molecule has 0 aliphatic carbocycles. The molecule has 5 aromatic rings. The molecule has 41 heavy (non-hydrogen) atoms. The lowest BCUT2D eigenvalue weighted by Gasteiger charge is -2.09. The normalized spacial score (nSPS) is 11.3. The second-order valence-electron chi connectivity index (χ2n) is 8.63. The smallest absolute Gasteiger partial charge is 0.364 e. The first-order valence-corrected chi connectivity index (χ1v) is 11.8. The van der Waals surface area contributed by atoms with Gasteiger partial charge in [0, 0.05) is 12.1 Å². The first-order valence-electron chi connectivity index (χ1n) is 11.8. The van der Waals surface area contributed by atoms with Gasteiger partial charge in [-0.15, -0.1) is 5.10 Å². The fourth-order valence-electron chi connectivity index (χ4n) is 3.79. The number of alkyl halides is 3. The maximum Gasteiger partial charge on any atom is 0.416 e. The highest BCUT2D eigenvalue weighted by atomic mass is 19.4. The number of hydrogen-bond acceptors (Lipinski definition) is 7. The van der Waals surface area contributed by atoms with Crippen molar-refractivity contribution in [1.82, 2.24) is 25.1 Å². The van der Waals surface area contributed by atoms with E-state index in [9.17, 15) is 27.6 Å². The van der Waals surface area contributed by atoms with E-state index in [-0.39, 0.29) is 35.0 Å². The molecule has 0 fully saturated rings. The highest BCUT2D eigenvalue weighted by molar-refractivity contribution is 6.04. The zero-order valence-corrected chi connectivity index (χ0v) is 20.8. The van der Waals surface area contributed by atoms with Crippen molar-refractivity contribution in [2.45, 2.75) is 12.6 Å². The molecule has 3 aromatic carbocycles. The van der Waals surface area contributed by atoms with Crippen LogP contribution < -0.4 is 21.2 Å². The summed E-state index contributed by atoms with van der Waals surface area (Å²) in [5, 5.41) is 12.5. The van der Waals surface area contributed by atoms with E-state index in [1.807, 2.05) is 0 Å². The van der Waals surface area contributed by atoms with Gasteiger partial charge in [0.15, 0.2) is 5.69 Å². The van der Waals surface area contributed by atoms with E-state index in [1.54, 1.807) is 36.4 Å². The molecular weight excluding hydrogens is 545 g/mol. The van der Waals surface area contributed by atoms with Crippen molar-refractivity contribution >= 4 is 40.4 Å². The fraction of sp³-hybridized carbons (Fsp3) is 0.0769. The highest BCUT2D eigenvalue weighted by Crippen LogP contribution is 2.29. The van der Waals surface area contributed by atoms with Crippen molar-refractivity contribution in [3.05, 3.63) is 101 Å². The fourth-order valence-corrected chi connectivity index (χ4v) is 3.79. The molecule has 0 radical (unpaired) electrons. The lowest BCUT2D eigenvalue weighted by Crippen LogP contribution is -2.22. The summed E-state index contributed by atoms with van der Waals surface area (Å²) >= 11 is 0. The van der Waals surface area contributed by atoms with Crippen molar-refractivity contribution in [2.24, 2.45) is 5.73 Å². The molecule has 0 aliphatic heterocycles. The molecule has 0 atom stereocenters. The predicted octanol–water partition coefficient (Wildman–Crippen LogP) is 3.78. The number of imidazole rings is 1. The average Bonchev–Trinajstić information content (AvgIpc) is 3.52. The largest absolute Gasteiger partial charge is 0.416 e. The van der Waals surface area contributed by atoms with Gasteiger partial charge in [0.05, 0.1) is 11.1 Å². The summed E-state index contributed by atoms with van der Waals surface area (Å²) in [7, 11) is 0. The third-order valence-corrected chi connectivity index (χ3v) is 5.75. The van der Waals surface area contributed by atoms with Crippen LogP contribution in [0.2, 0.25) is 0 Å². The molecule has 0 saturated heterocycles. The van der Waals surface area contributed by atoms with Gasteiger partial charge in [0.2, 0.25) is 0 Å². The number of H-pyrrole nitrogens is 1. The van der Waals surface area contributed by atoms with Crippen LogP contribution in [0.25, 0.3) is 11.0 Å². The molecule has 0 aliphatic rings. The third-order valence-electron chi connectivity index (χ3n) is 5.75. The number of rotatable bonds is 7. The molecule has 0 unspecified atom stereocenters. The van der Waals surface area contributed by atoms with Gasteiger partial charge in [-0.05, 0) is 59.3 Å². The van der Waals surface area contributed by atoms with Gasteiger partial charge in [0.25, 0.3) is 5.91 Å². The van der Waals surface area contributed by atoms with Gasteiger partial charge >= 0.3 is 18.2 Å². The first kappa shape index (κ1) is 26.9. The van der Waals surface area contributed by atoms with Gasteiger partial charge in [-0.1, -0.05) is 29.1 Å². The quantitative estimate of drug-likeness (QED) is 0.218. The number of hydrogen-bond donors (Lipinski definition) is 4. The predicted molar refractivity (Wildman–Crippen MR) is 139 cm³/mol. The Labute approximate surface area is 228 Å². The Kier molecular flexibility index (Phi) is 7.07. The number of nitrogens with zero attached hydrogens (tertiary/aromatic N) is 4. The number of anilines is 2. The molecule has 5 rings (SSSR count). The number of fused-ring (bicyclic) bond motifs is 1. The molecule has 5 N–H and O–H groups in total. The van der Waals surface area contributed by atoms with Gasteiger partial charge in [-0.2, -0.15) is 13.2 Å². The van der Waals surface area contributed by atoms with Crippen LogP contribution in [0.15, 0.2) is 72.8 Å². The molecule has 0 saturated carbocycles. The van der Waals surface area contributed by atoms with Crippen LogP contribution in [0.4, 0.5) is 29.5 Å². The van der Waals surface area contributed by atoms with E-state index in [2.05, 4.69) is 30.9 Å². The second kappa shape index (κ2) is 10.8. The zero-order chi connectivity index (χ0) is 29.1. The summed E-state index contributed by atoms with van der Waals surface area (Å²) in [5.41, 5.74) is 6.39. The maximum atomic E-state index is 12.7. The Morgan fingerprint density at radius 3 is 2.34 bits per heavy atom. The number of para-hydroxylation sites is 1. The number of halogens is 3. The Morgan fingerprint density at radius 1 is 0.951 bits per heavy atom. The summed E-state index contributed by atoms with van der Waals surface area (Å²) in [5.74, 6) is -1.41. The van der Waals surface area contributed by atoms with Crippen molar-refractivity contribution in [1.29, 1.82) is 0 Å². The van der Waals surface area contributed by atoms with Crippen LogP contribution in [-0.4, -0.2) is 43.0 Å². The van der Waals surface area contributed by atoms with E-state index in [0.29, 0.717) is 16.6 Å². The number of nitrogens with two attached hydrogens (primary N) is 1. The summed E-state index contributed by atoms with van der Waals surface area (Å²) in [6.45, 7) is 0. The number of aromatic nitrogens is 5. The Bertz CT molecular complexity index is 1750. The van der Waals surface area contributed by atoms with Gasteiger partial charge in [-0.3, -0.25) is 10.1 Å². The zero-order valence-electron chi connectivity index (χ0n) is 20.8. The monoisotopic (exact) mass is 564 g/mol. The molecule has 208 valence electrons. The van der Waals surface area contributed by atoms with Crippen LogP contribution in [-0.2, 0) is 12.6 Å². The number of benzene rings is 3. The summed E-state index contributed by atoms with van der Waals surface area (Å²) in [6, 6.07) is 16.3. The number of carbonyl (C=O) groups excluding carboxylic acids is 3. The molecule has 3 amide bonds. The summed E-state index contributed by atoms with van der Waals surface area (Å²) in [4.78, 5) is 50.1. The average molecular weight is 564 g/mol. The molecule has 0 spiro atoms. The van der Waals surface area contributed by atoms with Crippen molar-refractivity contribution in [3.8, 4) is 0 Å². The van der Waals surface area contributed by atoms with Gasteiger partial charge in [0.1, 0.15) is 22.7 Å². The van der Waals surface area contributed by atoms with E-state index < -0.39 is 29.6 Å². The van der Waals surface area contributed by atoms with Crippen LogP contribution in [0.3, 0.4) is 0 Å². The Morgan fingerprint density at radius 2 is 1.66 bits per heavy atom. The molecule has 0 bridgehead atoms. The minimum absolute atomic E-state index is 0.0893. The molecule has 2 heterocycles. The molecule has 2 aromatic heterocycles. The van der Waals surface area contributed by atoms with E-state index in [1.165, 1.54) is 12.1 Å². The first-order chi connectivity index (χ1) is 19.6. The number of nitrogens with one attached hydrogen (secondary N) is 3. The topological polar surface area (TPSA) is 170 Å². The van der Waals surface area contributed by atoms with Crippen molar-refractivity contribution in [2.75, 3.05) is 10.6 Å². The van der Waals surface area contributed by atoms with Gasteiger partial charge in [-0.25, -0.2) is 14.6 Å². The number of urea groups is 1. The number of carbonyl (C=O) groups is 3. The lowest BCUT2D eigenvalue weighted by molar-refractivity contribution is -0.137. The molecule has 12 nitrogen and oxygen atoms in total. The van der Waals surface area contributed by atoms with E-state index >= 15 is 0 Å². The van der Waals surface area contributed by atoms with Crippen molar-refractivity contribution in [3.63, 3.8) is 0 Å². The SMILES string of the molecule is NC(=O)c1nc(Cc2ccc(C(=O)On3nnc4ccccc43)cc2)[nH]c1NC(=O)Nc1ccc(C(F)(F)F)cc1. The minimum Gasteiger partial charge on any atom is -0.364 e. The third kappa shape index (κ3) is 6.13. The standard InChI is InChI=1S/C26H19F3N8O4/c27-26(28,29)16-9-11-17(12-10-16)31-25(40)34-23-21(22(30)38)32-20(33-23)13-14-5-7-15(8-6-14)24(39)41-37-19-4-2-1-3-18(19)35-36-37/h1-12H,13H2,(H2,30,38)(H,32,33)(H2,31,34,40). The summed E-state index contributed by atoms with van der Waals surface area (Å²) < 4.78 is 38.2. The van der Waals surface area contributed by atoms with Crippen LogP contribution in [0, 0.1) is 0 Å². The van der Waals surface area contributed by atoms with E-state index in [0.717, 1.165) is 29.1 Å². The Hall–Kier alpha value is -5.73. The number of amides is 3. The van der Waals surface area contributed by atoms with Crippen LogP contribution >= 0.6 is 0 Å². The number of aromatic amines is 1.